The molecular formula is C36H37F3N2O3. The van der Waals surface area contributed by atoms with Gasteiger partial charge < -0.3 is 10.4 Å². The molecule has 1 amide bonds. The predicted molar refractivity (Wildman–Crippen MR) is 165 cm³/mol. The van der Waals surface area contributed by atoms with Crippen molar-refractivity contribution in [2.75, 3.05) is 6.54 Å². The Labute approximate surface area is 255 Å². The van der Waals surface area contributed by atoms with Crippen molar-refractivity contribution in [2.45, 2.75) is 75.8 Å². The summed E-state index contributed by atoms with van der Waals surface area (Å²) < 4.78 is 40.1. The molecule has 3 aromatic carbocycles. The minimum Gasteiger partial charge on any atom is -0.481 e. The number of hydrogen-bond acceptors (Lipinski definition) is 3. The average molecular weight is 603 g/mol. The highest BCUT2D eigenvalue weighted by Crippen LogP contribution is 2.43. The van der Waals surface area contributed by atoms with Crippen LogP contribution < -0.4 is 5.32 Å². The molecule has 1 aromatic heterocycles. The first-order valence-corrected chi connectivity index (χ1v) is 15.3. The van der Waals surface area contributed by atoms with E-state index in [9.17, 15) is 22.8 Å². The van der Waals surface area contributed by atoms with E-state index in [1.165, 1.54) is 37.3 Å². The fraction of sp³-hybridized carbons (Fsp3) is 0.361. The van der Waals surface area contributed by atoms with Gasteiger partial charge in [0.2, 0.25) is 0 Å². The molecule has 1 fully saturated rings. The van der Waals surface area contributed by atoms with Gasteiger partial charge in [0.15, 0.2) is 0 Å². The van der Waals surface area contributed by atoms with Crippen molar-refractivity contribution < 1.29 is 27.9 Å². The van der Waals surface area contributed by atoms with E-state index in [1.54, 1.807) is 18.3 Å². The third-order valence-corrected chi connectivity index (χ3v) is 8.74. The number of rotatable bonds is 11. The molecule has 8 heteroatoms. The second-order valence-electron chi connectivity index (χ2n) is 11.7. The van der Waals surface area contributed by atoms with Gasteiger partial charge in [-0.05, 0) is 83.7 Å². The maximum absolute atomic E-state index is 13.4. The Morgan fingerprint density at radius 2 is 1.61 bits per heavy atom. The highest BCUT2D eigenvalue weighted by molar-refractivity contribution is 5.94. The molecule has 1 heterocycles. The van der Waals surface area contributed by atoms with Crippen LogP contribution in [0.4, 0.5) is 13.2 Å². The van der Waals surface area contributed by atoms with E-state index in [4.69, 9.17) is 5.11 Å². The summed E-state index contributed by atoms with van der Waals surface area (Å²) in [7, 11) is 0. The van der Waals surface area contributed by atoms with Crippen molar-refractivity contribution >= 4 is 22.8 Å². The summed E-state index contributed by atoms with van der Waals surface area (Å²) in [4.78, 5) is 27.9. The monoisotopic (exact) mass is 602 g/mol. The zero-order valence-electron chi connectivity index (χ0n) is 24.7. The second-order valence-corrected chi connectivity index (χ2v) is 11.7. The van der Waals surface area contributed by atoms with Gasteiger partial charge in [-0.2, -0.15) is 13.2 Å². The molecule has 0 radical (unpaired) electrons. The molecule has 1 aliphatic carbocycles. The summed E-state index contributed by atoms with van der Waals surface area (Å²) in [5.74, 6) is -0.847. The Morgan fingerprint density at radius 3 is 2.25 bits per heavy atom. The molecule has 5 rings (SSSR count). The first-order chi connectivity index (χ1) is 21.1. The van der Waals surface area contributed by atoms with E-state index < -0.39 is 17.7 Å². The minimum absolute atomic E-state index is 0.00940. The number of hydrogen-bond donors (Lipinski definition) is 2. The van der Waals surface area contributed by atoms with Crippen LogP contribution in [0.15, 0.2) is 79.0 Å². The van der Waals surface area contributed by atoms with Gasteiger partial charge in [0.05, 0.1) is 17.5 Å². The molecule has 0 aliphatic heterocycles. The number of nitrogens with zero attached hydrogens (tertiary/aromatic N) is 1. The van der Waals surface area contributed by atoms with Crippen LogP contribution >= 0.6 is 0 Å². The van der Waals surface area contributed by atoms with Gasteiger partial charge in [-0.3, -0.25) is 14.6 Å². The fourth-order valence-electron chi connectivity index (χ4n) is 6.48. The number of carboxylic acids is 1. The zero-order chi connectivity index (χ0) is 31.3. The highest BCUT2D eigenvalue weighted by atomic mass is 19.4. The van der Waals surface area contributed by atoms with Crippen molar-refractivity contribution in [2.24, 2.45) is 0 Å². The van der Waals surface area contributed by atoms with E-state index in [1.807, 2.05) is 18.2 Å². The lowest BCUT2D eigenvalue weighted by Gasteiger charge is -2.29. The quantitative estimate of drug-likeness (QED) is 0.180. The van der Waals surface area contributed by atoms with Gasteiger partial charge >= 0.3 is 12.1 Å². The number of carbonyl (C=O) groups is 2. The number of nitrogens with one attached hydrogen (secondary N) is 1. The third-order valence-electron chi connectivity index (χ3n) is 8.74. The van der Waals surface area contributed by atoms with E-state index in [0.717, 1.165) is 41.7 Å². The smallest absolute Gasteiger partial charge is 0.416 e. The molecule has 1 aliphatic rings. The first-order valence-electron chi connectivity index (χ1n) is 15.3. The fourth-order valence-corrected chi connectivity index (χ4v) is 6.48. The Hall–Kier alpha value is -4.20. The Balaban J connectivity index is 1.52. The summed E-state index contributed by atoms with van der Waals surface area (Å²) in [5.41, 5.74) is 4.41. The first kappa shape index (κ1) is 31.2. The number of carboxylic acid groups (broad SMARTS) is 1. The Morgan fingerprint density at radius 1 is 0.932 bits per heavy atom. The maximum Gasteiger partial charge on any atom is 0.416 e. The number of halogens is 3. The number of fused-ring (bicyclic) bond motifs is 1. The standard InChI is InChI=1S/C36H37F3N2O3/c1-2-5-31(25-10-14-27(15-11-25)35(44)40-19-18-33(42)43)34(26-12-8-24(9-13-26)23-6-3-4-7-23)29-20-28-16-17-30(36(37,38)39)21-32(28)41-22-29/h8-17,20-23,31,34H,2-7,18-19H2,1H3,(H,40,44)(H,42,43). The summed E-state index contributed by atoms with van der Waals surface area (Å²) >= 11 is 0. The van der Waals surface area contributed by atoms with Crippen LogP contribution in [0.2, 0.25) is 0 Å². The summed E-state index contributed by atoms with van der Waals surface area (Å²) in [5, 5.41) is 12.1. The van der Waals surface area contributed by atoms with E-state index in [-0.39, 0.29) is 30.7 Å². The van der Waals surface area contributed by atoms with Crippen LogP contribution in [0.3, 0.4) is 0 Å². The minimum atomic E-state index is -4.44. The van der Waals surface area contributed by atoms with Crippen molar-refractivity contribution in [3.63, 3.8) is 0 Å². The van der Waals surface area contributed by atoms with Gasteiger partial charge in [0.25, 0.3) is 5.91 Å². The van der Waals surface area contributed by atoms with Crippen molar-refractivity contribution in [3.8, 4) is 0 Å². The third kappa shape index (κ3) is 7.29. The Bertz CT molecular complexity index is 1590. The summed E-state index contributed by atoms with van der Waals surface area (Å²) in [6.45, 7) is 2.17. The number of benzene rings is 3. The molecule has 230 valence electrons. The largest absolute Gasteiger partial charge is 0.481 e. The lowest BCUT2D eigenvalue weighted by Crippen LogP contribution is -2.26. The molecule has 0 bridgehead atoms. The Kier molecular flexibility index (Phi) is 9.67. The molecule has 0 spiro atoms. The van der Waals surface area contributed by atoms with Crippen molar-refractivity contribution in [1.82, 2.24) is 10.3 Å². The SMILES string of the molecule is CCCC(c1ccc(C(=O)NCCC(=O)O)cc1)C(c1ccc(C2CCCC2)cc1)c1cnc2cc(C(F)(F)F)ccc2c1. The lowest BCUT2D eigenvalue weighted by molar-refractivity contribution is -0.138. The molecule has 2 atom stereocenters. The van der Waals surface area contributed by atoms with Gasteiger partial charge in [-0.1, -0.05) is 68.7 Å². The number of pyridine rings is 1. The van der Waals surface area contributed by atoms with E-state index in [2.05, 4.69) is 41.5 Å². The number of aliphatic carboxylic acids is 1. The molecule has 2 N–H and O–H groups in total. The van der Waals surface area contributed by atoms with Crippen LogP contribution in [0.5, 0.6) is 0 Å². The van der Waals surface area contributed by atoms with Gasteiger partial charge in [0.1, 0.15) is 0 Å². The number of aromatic nitrogens is 1. The van der Waals surface area contributed by atoms with Crippen molar-refractivity contribution in [3.05, 3.63) is 112 Å². The normalized spacial score (nSPS) is 15.3. The van der Waals surface area contributed by atoms with Crippen LogP contribution in [-0.4, -0.2) is 28.5 Å². The molecular weight excluding hydrogens is 565 g/mol. The lowest BCUT2D eigenvalue weighted by atomic mass is 9.75. The summed E-state index contributed by atoms with van der Waals surface area (Å²) in [6.07, 6.45) is 3.74. The second kappa shape index (κ2) is 13.6. The van der Waals surface area contributed by atoms with E-state index in [0.29, 0.717) is 22.4 Å². The molecule has 2 unspecified atom stereocenters. The highest BCUT2D eigenvalue weighted by Gasteiger charge is 2.31. The maximum atomic E-state index is 13.4. The van der Waals surface area contributed by atoms with Crippen LogP contribution in [0, 0.1) is 0 Å². The van der Waals surface area contributed by atoms with Gasteiger partial charge in [0, 0.05) is 29.6 Å². The zero-order valence-corrected chi connectivity index (χ0v) is 24.7. The van der Waals surface area contributed by atoms with Gasteiger partial charge in [-0.15, -0.1) is 0 Å². The van der Waals surface area contributed by atoms with E-state index >= 15 is 0 Å². The molecule has 1 saturated carbocycles. The predicted octanol–water partition coefficient (Wildman–Crippen LogP) is 8.83. The average Bonchev–Trinajstić information content (AvgIpc) is 3.55. The number of alkyl halides is 3. The summed E-state index contributed by atoms with van der Waals surface area (Å²) in [6, 6.07) is 21.8. The van der Waals surface area contributed by atoms with Crippen LogP contribution in [0.25, 0.3) is 10.9 Å². The molecule has 44 heavy (non-hydrogen) atoms. The van der Waals surface area contributed by atoms with Crippen molar-refractivity contribution in [1.29, 1.82) is 0 Å². The topological polar surface area (TPSA) is 79.3 Å². The molecule has 4 aromatic rings. The number of carbonyl (C=O) groups excluding carboxylic acids is 1. The molecule has 0 saturated heterocycles. The van der Waals surface area contributed by atoms with Crippen LogP contribution in [-0.2, 0) is 11.0 Å². The number of amides is 1. The molecule has 5 nitrogen and oxygen atoms in total. The van der Waals surface area contributed by atoms with Gasteiger partial charge in [-0.25, -0.2) is 0 Å². The van der Waals surface area contributed by atoms with Crippen LogP contribution in [0.1, 0.15) is 108 Å².